The second-order valence-corrected chi connectivity index (χ2v) is 4.18. The Kier molecular flexibility index (Phi) is 3.75. The molecule has 1 aromatic heterocycles. The van der Waals surface area contributed by atoms with Crippen molar-refractivity contribution in [1.82, 2.24) is 14.9 Å². The molecule has 0 aliphatic carbocycles. The number of nitrogens with zero attached hydrogens (tertiary/aromatic N) is 2. The number of carbonyl (C=O) groups is 1. The fourth-order valence-corrected chi connectivity index (χ4v) is 1.81. The highest BCUT2D eigenvalue weighted by atomic mass is 16.2. The minimum atomic E-state index is -0.607. The normalized spacial score (nSPS) is 12.1. The average molecular weight is 257 g/mol. The Morgan fingerprint density at radius 2 is 2.26 bits per heavy atom. The van der Waals surface area contributed by atoms with Crippen LogP contribution in [0.1, 0.15) is 13.0 Å². The molecule has 1 atom stereocenters. The third-order valence-corrected chi connectivity index (χ3v) is 2.91. The van der Waals surface area contributed by atoms with E-state index in [2.05, 4.69) is 16.9 Å². The summed E-state index contributed by atoms with van der Waals surface area (Å²) in [7, 11) is 0. The second kappa shape index (κ2) is 5.48. The Bertz CT molecular complexity index is 676. The lowest BCUT2D eigenvalue weighted by atomic mass is 10.2. The molecule has 2 aromatic rings. The number of amides is 1. The van der Waals surface area contributed by atoms with Crippen molar-refractivity contribution in [3.05, 3.63) is 53.6 Å². The van der Waals surface area contributed by atoms with Gasteiger partial charge in [-0.1, -0.05) is 18.2 Å². The molecular formula is C14H15N3O2. The summed E-state index contributed by atoms with van der Waals surface area (Å²) in [4.78, 5) is 28.3. The molecule has 0 saturated carbocycles. The van der Waals surface area contributed by atoms with Crippen LogP contribution < -0.4 is 10.9 Å². The highest BCUT2D eigenvalue weighted by Crippen LogP contribution is 2.08. The topological polar surface area (TPSA) is 64.0 Å². The van der Waals surface area contributed by atoms with Crippen molar-refractivity contribution >= 4 is 16.8 Å². The van der Waals surface area contributed by atoms with Crippen LogP contribution in [0.5, 0.6) is 0 Å². The largest absolute Gasteiger partial charge is 0.351 e. The van der Waals surface area contributed by atoms with E-state index in [1.54, 1.807) is 31.2 Å². The van der Waals surface area contributed by atoms with Crippen LogP contribution in [0, 0.1) is 0 Å². The van der Waals surface area contributed by atoms with Crippen molar-refractivity contribution in [2.75, 3.05) is 6.54 Å². The third-order valence-electron chi connectivity index (χ3n) is 2.91. The Morgan fingerprint density at radius 3 is 3.00 bits per heavy atom. The van der Waals surface area contributed by atoms with Gasteiger partial charge in [0.2, 0.25) is 5.91 Å². The molecule has 0 fully saturated rings. The Morgan fingerprint density at radius 1 is 1.53 bits per heavy atom. The summed E-state index contributed by atoms with van der Waals surface area (Å²) in [5.41, 5.74) is 0.411. The van der Waals surface area contributed by atoms with Gasteiger partial charge >= 0.3 is 0 Å². The van der Waals surface area contributed by atoms with Crippen LogP contribution >= 0.6 is 0 Å². The second-order valence-electron chi connectivity index (χ2n) is 4.18. The lowest BCUT2D eigenvalue weighted by Crippen LogP contribution is -2.35. The highest BCUT2D eigenvalue weighted by molar-refractivity contribution is 5.81. The highest BCUT2D eigenvalue weighted by Gasteiger charge is 2.16. The molecule has 0 bridgehead atoms. The van der Waals surface area contributed by atoms with Crippen LogP contribution in [-0.4, -0.2) is 22.0 Å². The van der Waals surface area contributed by atoms with Crippen LogP contribution in [0.4, 0.5) is 0 Å². The van der Waals surface area contributed by atoms with E-state index in [9.17, 15) is 9.59 Å². The first-order valence-electron chi connectivity index (χ1n) is 5.99. The van der Waals surface area contributed by atoms with Gasteiger partial charge in [0.15, 0.2) is 0 Å². The van der Waals surface area contributed by atoms with Gasteiger partial charge in [-0.2, -0.15) is 0 Å². The number of hydrogen-bond donors (Lipinski definition) is 1. The van der Waals surface area contributed by atoms with Crippen molar-refractivity contribution in [3.63, 3.8) is 0 Å². The first kappa shape index (κ1) is 13.0. The van der Waals surface area contributed by atoms with Gasteiger partial charge in [0.25, 0.3) is 5.56 Å². The maximum absolute atomic E-state index is 12.3. The number of nitrogens with one attached hydrogen (secondary N) is 1. The molecule has 0 unspecified atom stereocenters. The summed E-state index contributed by atoms with van der Waals surface area (Å²) in [5, 5.41) is 3.17. The molecule has 1 aromatic carbocycles. The molecular weight excluding hydrogens is 242 g/mol. The smallest absolute Gasteiger partial charge is 0.261 e. The van der Waals surface area contributed by atoms with E-state index in [-0.39, 0.29) is 11.5 Å². The molecule has 2 rings (SSSR count). The fraction of sp³-hybridized carbons (Fsp3) is 0.214. The molecule has 19 heavy (non-hydrogen) atoms. The van der Waals surface area contributed by atoms with Crippen LogP contribution in [0.3, 0.4) is 0 Å². The number of fused-ring (bicyclic) bond motifs is 1. The molecule has 5 nitrogen and oxygen atoms in total. The summed E-state index contributed by atoms with van der Waals surface area (Å²) in [6.45, 7) is 5.56. The van der Waals surface area contributed by atoms with Crippen molar-refractivity contribution in [1.29, 1.82) is 0 Å². The molecule has 1 amide bonds. The zero-order valence-corrected chi connectivity index (χ0v) is 10.7. The standard InChI is InChI=1S/C14H15N3O2/c1-3-8-15-13(18)10(2)17-9-16-12-7-5-4-6-11(12)14(17)19/h3-7,9-10H,1,8H2,2H3,(H,15,18)/t10-/m0/s1. The van der Waals surface area contributed by atoms with E-state index in [0.29, 0.717) is 17.4 Å². The van der Waals surface area contributed by atoms with Crippen molar-refractivity contribution in [2.24, 2.45) is 0 Å². The number of para-hydroxylation sites is 1. The van der Waals surface area contributed by atoms with E-state index < -0.39 is 6.04 Å². The van der Waals surface area contributed by atoms with Gasteiger partial charge in [0, 0.05) is 6.54 Å². The number of aromatic nitrogens is 2. The van der Waals surface area contributed by atoms with E-state index in [0.717, 1.165) is 0 Å². The Balaban J connectivity index is 2.40. The Labute approximate surface area is 110 Å². The summed E-state index contributed by atoms with van der Waals surface area (Å²) >= 11 is 0. The predicted octanol–water partition coefficient (Wildman–Crippen LogP) is 1.26. The summed E-state index contributed by atoms with van der Waals surface area (Å²) in [6.07, 6.45) is 2.99. The van der Waals surface area contributed by atoms with Gasteiger partial charge in [0.05, 0.1) is 17.2 Å². The van der Waals surface area contributed by atoms with Gasteiger partial charge in [-0.25, -0.2) is 4.98 Å². The molecule has 0 aliphatic heterocycles. The minimum Gasteiger partial charge on any atom is -0.351 e. The molecule has 0 aliphatic rings. The molecule has 0 radical (unpaired) electrons. The van der Waals surface area contributed by atoms with E-state index in [1.807, 2.05) is 6.07 Å². The first-order valence-corrected chi connectivity index (χ1v) is 5.99. The van der Waals surface area contributed by atoms with Gasteiger partial charge in [-0.05, 0) is 19.1 Å². The quantitative estimate of drug-likeness (QED) is 0.839. The van der Waals surface area contributed by atoms with Crippen LogP contribution in [0.25, 0.3) is 10.9 Å². The third kappa shape index (κ3) is 2.54. The Hall–Kier alpha value is -2.43. The lowest BCUT2D eigenvalue weighted by Gasteiger charge is -2.14. The predicted molar refractivity (Wildman–Crippen MR) is 73.9 cm³/mol. The lowest BCUT2D eigenvalue weighted by molar-refractivity contribution is -0.123. The molecule has 0 saturated heterocycles. The van der Waals surface area contributed by atoms with E-state index >= 15 is 0 Å². The van der Waals surface area contributed by atoms with Crippen molar-refractivity contribution in [2.45, 2.75) is 13.0 Å². The number of carbonyl (C=O) groups excluding carboxylic acids is 1. The zero-order valence-electron chi connectivity index (χ0n) is 10.7. The van der Waals surface area contributed by atoms with Gasteiger partial charge < -0.3 is 5.32 Å². The molecule has 5 heteroatoms. The minimum absolute atomic E-state index is 0.216. The zero-order chi connectivity index (χ0) is 13.8. The van der Waals surface area contributed by atoms with Crippen molar-refractivity contribution in [3.8, 4) is 0 Å². The number of benzene rings is 1. The molecule has 1 heterocycles. The van der Waals surface area contributed by atoms with Crippen LogP contribution in [-0.2, 0) is 4.79 Å². The van der Waals surface area contributed by atoms with Gasteiger partial charge in [0.1, 0.15) is 6.04 Å². The van der Waals surface area contributed by atoms with E-state index in [4.69, 9.17) is 0 Å². The maximum atomic E-state index is 12.3. The van der Waals surface area contributed by atoms with Crippen molar-refractivity contribution < 1.29 is 4.79 Å². The van der Waals surface area contributed by atoms with Crippen LogP contribution in [0.15, 0.2) is 48.0 Å². The first-order chi connectivity index (χ1) is 9.15. The summed E-state index contributed by atoms with van der Waals surface area (Å²) in [5.74, 6) is -0.237. The molecule has 98 valence electrons. The van der Waals surface area contributed by atoms with Gasteiger partial charge in [-0.15, -0.1) is 6.58 Å². The fourth-order valence-electron chi connectivity index (χ4n) is 1.81. The van der Waals surface area contributed by atoms with Crippen LogP contribution in [0.2, 0.25) is 0 Å². The summed E-state index contributed by atoms with van der Waals surface area (Å²) in [6, 6.07) is 6.46. The monoisotopic (exact) mass is 257 g/mol. The number of hydrogen-bond acceptors (Lipinski definition) is 3. The van der Waals surface area contributed by atoms with Gasteiger partial charge in [-0.3, -0.25) is 14.2 Å². The van der Waals surface area contributed by atoms with E-state index in [1.165, 1.54) is 10.9 Å². The summed E-state index contributed by atoms with van der Waals surface area (Å²) < 4.78 is 1.33. The number of rotatable bonds is 4. The maximum Gasteiger partial charge on any atom is 0.261 e. The molecule has 1 N–H and O–H groups in total. The SMILES string of the molecule is C=CCNC(=O)[C@H](C)n1cnc2ccccc2c1=O. The molecule has 0 spiro atoms. The average Bonchev–Trinajstić information content (AvgIpc) is 2.44.